The van der Waals surface area contributed by atoms with Gasteiger partial charge in [0.2, 0.25) is 0 Å². The van der Waals surface area contributed by atoms with Crippen molar-refractivity contribution in [2.75, 3.05) is 9.80 Å². The van der Waals surface area contributed by atoms with E-state index in [4.69, 9.17) is 11.0 Å². The molecule has 2 aliphatic rings. The van der Waals surface area contributed by atoms with Crippen LogP contribution in [0.3, 0.4) is 0 Å². The minimum atomic E-state index is -1.22. The summed E-state index contributed by atoms with van der Waals surface area (Å²) < 4.78 is 99.7. The molecule has 2 aliphatic carbocycles. The lowest BCUT2D eigenvalue weighted by atomic mass is 9.91. The number of hydrogen-bond acceptors (Lipinski definition) is 2. The second kappa shape index (κ2) is 11.4. The van der Waals surface area contributed by atoms with Crippen molar-refractivity contribution in [2.24, 2.45) is 0 Å². The zero-order chi connectivity index (χ0) is 40.3. The number of fused-ring (bicyclic) bond motifs is 2. The second-order valence-electron chi connectivity index (χ2n) is 13.2. The van der Waals surface area contributed by atoms with Crippen molar-refractivity contribution in [3.63, 3.8) is 0 Å². The predicted molar refractivity (Wildman–Crippen MR) is 203 cm³/mol. The maximum atomic E-state index is 15.0. The van der Waals surface area contributed by atoms with Gasteiger partial charge >= 0.3 is 0 Å². The Morgan fingerprint density at radius 2 is 0.820 bits per heavy atom. The van der Waals surface area contributed by atoms with Crippen LogP contribution in [0.25, 0.3) is 32.3 Å². The van der Waals surface area contributed by atoms with E-state index in [9.17, 15) is 0 Å². The Balaban J connectivity index is 1.27. The number of benzene rings is 8. The van der Waals surface area contributed by atoms with E-state index in [0.717, 1.165) is 82.0 Å². The Kier molecular flexibility index (Phi) is 5.04. The van der Waals surface area contributed by atoms with Gasteiger partial charge in [0.15, 0.2) is 0 Å². The van der Waals surface area contributed by atoms with Crippen LogP contribution in [0.4, 0.5) is 42.9 Å². The van der Waals surface area contributed by atoms with Crippen LogP contribution in [0.5, 0.6) is 0 Å². The summed E-state index contributed by atoms with van der Waals surface area (Å²) in [5.74, 6) is -2.43. The van der Waals surface area contributed by atoms with Crippen molar-refractivity contribution in [1.29, 1.82) is 0 Å². The second-order valence-corrected chi connectivity index (χ2v) is 13.2. The highest BCUT2D eigenvalue weighted by Crippen LogP contribution is 2.48. The summed E-state index contributed by atoms with van der Waals surface area (Å²) >= 11 is 0. The maximum Gasteiger partial charge on any atom is 0.123 e. The normalized spacial score (nSPS) is 16.0. The number of nitrogens with zero attached hydrogens (tertiary/aromatic N) is 2. The van der Waals surface area contributed by atoms with E-state index in [0.29, 0.717) is 22.7 Å². The van der Waals surface area contributed by atoms with E-state index in [1.54, 1.807) is 9.80 Å². The molecule has 0 unspecified atom stereocenters. The highest BCUT2D eigenvalue weighted by Gasteiger charge is 2.23. The first-order valence-electron chi connectivity index (χ1n) is 21.0. The molecule has 0 radical (unpaired) electrons. The van der Waals surface area contributed by atoms with Crippen LogP contribution in [0.15, 0.2) is 133 Å². The lowest BCUT2D eigenvalue weighted by molar-refractivity contribution is 0.627. The van der Waals surface area contributed by atoms with E-state index in [2.05, 4.69) is 0 Å². The molecule has 0 fully saturated rings. The molecule has 0 heterocycles. The molecule has 0 bridgehead atoms. The lowest BCUT2D eigenvalue weighted by Crippen LogP contribution is -2.12. The third kappa shape index (κ3) is 4.66. The fraction of sp³-hybridized carbons (Fsp3) is 0.130. The van der Waals surface area contributed by atoms with Gasteiger partial charge in [0, 0.05) is 33.5 Å². The van der Waals surface area contributed by atoms with Crippen molar-refractivity contribution in [3.05, 3.63) is 167 Å². The van der Waals surface area contributed by atoms with E-state index in [1.807, 2.05) is 84.9 Å². The molecule has 0 atom stereocenters. The minimum Gasteiger partial charge on any atom is -0.310 e. The first kappa shape index (κ1) is 22.1. The van der Waals surface area contributed by atoms with Crippen molar-refractivity contribution in [1.82, 2.24) is 0 Å². The maximum absolute atomic E-state index is 15.0. The highest BCUT2D eigenvalue weighted by atomic mass is 19.1. The molecule has 0 aromatic heterocycles. The predicted octanol–water partition coefficient (Wildman–Crippen LogP) is 12.8. The molecule has 0 saturated heterocycles. The van der Waals surface area contributed by atoms with Crippen LogP contribution in [-0.4, -0.2) is 0 Å². The molecule has 8 aromatic carbocycles. The van der Waals surface area contributed by atoms with E-state index >= 15 is 8.78 Å². The van der Waals surface area contributed by atoms with Crippen molar-refractivity contribution in [2.45, 2.75) is 38.5 Å². The van der Waals surface area contributed by atoms with Crippen molar-refractivity contribution >= 4 is 66.4 Å². The summed E-state index contributed by atoms with van der Waals surface area (Å²) in [6, 6.07) is 22.3. The summed E-state index contributed by atoms with van der Waals surface area (Å²) in [6.07, 6.45) is 5.57. The van der Waals surface area contributed by atoms with Gasteiger partial charge in [-0.15, -0.1) is 0 Å². The van der Waals surface area contributed by atoms with Crippen LogP contribution in [0.2, 0.25) is 0 Å². The monoisotopic (exact) mass is 660 g/mol. The van der Waals surface area contributed by atoms with Crippen LogP contribution in [-0.2, 0) is 25.7 Å². The average Bonchev–Trinajstić information content (AvgIpc) is 3.92. The Morgan fingerprint density at radius 1 is 0.420 bits per heavy atom. The smallest absolute Gasteiger partial charge is 0.123 e. The fourth-order valence-electron chi connectivity index (χ4n) is 8.14. The lowest BCUT2D eigenvalue weighted by Gasteiger charge is -2.29. The Morgan fingerprint density at radius 3 is 1.26 bits per heavy atom. The molecule has 0 aliphatic heterocycles. The third-order valence-electron chi connectivity index (χ3n) is 10.4. The van der Waals surface area contributed by atoms with Gasteiger partial charge in [0.1, 0.15) is 11.6 Å². The number of anilines is 6. The molecule has 50 heavy (non-hydrogen) atoms. The molecule has 4 heteroatoms. The molecule has 8 aromatic rings. The molecule has 0 N–H and O–H groups in total. The van der Waals surface area contributed by atoms with Crippen LogP contribution < -0.4 is 9.80 Å². The Labute approximate surface area is 301 Å². The molecule has 0 spiro atoms. The molecule has 242 valence electrons. The molecule has 0 amide bonds. The Bertz CT molecular complexity index is 2800. The number of halogens is 2. The summed E-state index contributed by atoms with van der Waals surface area (Å²) in [5.41, 5.74) is 6.88. The number of hydrogen-bond donors (Lipinski definition) is 0. The quantitative estimate of drug-likeness (QED) is 0.164. The van der Waals surface area contributed by atoms with Gasteiger partial charge in [0.05, 0.1) is 22.3 Å². The van der Waals surface area contributed by atoms with Gasteiger partial charge in [-0.3, -0.25) is 0 Å². The van der Waals surface area contributed by atoms with E-state index < -0.39 is 60.0 Å². The topological polar surface area (TPSA) is 6.48 Å². The Hall–Kier alpha value is -5.74. The molecule has 0 saturated carbocycles. The van der Waals surface area contributed by atoms with Crippen LogP contribution in [0, 0.1) is 11.6 Å². The van der Waals surface area contributed by atoms with Crippen molar-refractivity contribution < 1.29 is 19.7 Å². The largest absolute Gasteiger partial charge is 0.310 e. The zero-order valence-corrected chi connectivity index (χ0v) is 27.0. The van der Waals surface area contributed by atoms with Gasteiger partial charge in [-0.05, 0) is 167 Å². The van der Waals surface area contributed by atoms with E-state index in [1.165, 1.54) is 11.1 Å². The zero-order valence-electron chi connectivity index (χ0n) is 35.0. The summed E-state index contributed by atoms with van der Waals surface area (Å²) in [6.45, 7) is 0. The fourth-order valence-corrected chi connectivity index (χ4v) is 8.14. The minimum absolute atomic E-state index is 0.0764. The number of rotatable bonds is 6. The van der Waals surface area contributed by atoms with Crippen LogP contribution in [0.1, 0.15) is 46.1 Å². The van der Waals surface area contributed by atoms with Gasteiger partial charge in [0.25, 0.3) is 0 Å². The third-order valence-corrected chi connectivity index (χ3v) is 10.4. The van der Waals surface area contributed by atoms with Gasteiger partial charge < -0.3 is 9.80 Å². The molecular formula is C46H34F2N2. The summed E-state index contributed by atoms with van der Waals surface area (Å²) in [7, 11) is 0. The molecule has 10 rings (SSSR count). The molecule has 2 nitrogen and oxygen atoms in total. The first-order chi connectivity index (χ1) is 27.9. The van der Waals surface area contributed by atoms with E-state index in [-0.39, 0.29) is 11.4 Å². The SMILES string of the molecule is [2H]c1c([2H])c(N(c2ccc3c(c2)CCC3)c2ccc3ccc4c(N(c5ccc6c(c5)CCC6)c5c([2H])c([2H])c(F)c([2H])c5[2H])ccc5ccc2c3c54)c([2H])c([2H])c1F. The van der Waals surface area contributed by atoms with Gasteiger partial charge in [-0.1, -0.05) is 48.5 Å². The average molecular weight is 661 g/mol. The summed E-state index contributed by atoms with van der Waals surface area (Å²) in [5, 5.41) is 4.85. The molecular weight excluding hydrogens is 619 g/mol. The first-order valence-corrected chi connectivity index (χ1v) is 17.0. The van der Waals surface area contributed by atoms with Gasteiger partial charge in [-0.2, -0.15) is 0 Å². The highest BCUT2D eigenvalue weighted by molar-refractivity contribution is 6.28. The standard InChI is InChI=1S/C46H34F2N2/c47-35-13-19-37(20-14-35)49(39-17-7-29-3-1-5-33(29)27-39)43-25-11-31-10-24-42-44(26-12-32-9-23-41(43)45(31)46(32)42)50(38-21-15-36(48)16-22-38)40-18-8-30-4-2-6-34(30)28-40/h7-28H,1-6H2/i13D,14D,15D,16D,19D,20D,21D,22D. The van der Waals surface area contributed by atoms with Gasteiger partial charge in [-0.25, -0.2) is 8.78 Å². The summed E-state index contributed by atoms with van der Waals surface area (Å²) in [4.78, 5) is 3.40. The van der Waals surface area contributed by atoms with Crippen LogP contribution >= 0.6 is 0 Å². The number of aryl methyl sites for hydroxylation is 4. The van der Waals surface area contributed by atoms with Crippen molar-refractivity contribution in [3.8, 4) is 0 Å².